The molecule has 1 heterocycles. The molecule has 1 aliphatic rings. The van der Waals surface area contributed by atoms with Crippen molar-refractivity contribution in [1.29, 1.82) is 0 Å². The molecule has 0 spiro atoms. The fourth-order valence-electron chi connectivity index (χ4n) is 3.14. The summed E-state index contributed by atoms with van der Waals surface area (Å²) in [4.78, 5) is 11.6. The summed E-state index contributed by atoms with van der Waals surface area (Å²) in [6.07, 6.45) is -3.12. The quantitative estimate of drug-likeness (QED) is 0.304. The average Bonchev–Trinajstić information content (AvgIpc) is 2.99. The summed E-state index contributed by atoms with van der Waals surface area (Å²) in [5, 5.41) is 10.8. The summed E-state index contributed by atoms with van der Waals surface area (Å²) in [6.45, 7) is 16.4. The minimum Gasteiger partial charge on any atom is -0.456 e. The number of hydrogen-bond donors (Lipinski definition) is 1. The molecule has 2 rings (SSSR count). The van der Waals surface area contributed by atoms with Crippen molar-refractivity contribution in [3.63, 3.8) is 0 Å². The first-order chi connectivity index (χ1) is 14.3. The van der Waals surface area contributed by atoms with Crippen molar-refractivity contribution in [3.05, 3.63) is 35.9 Å². The average molecular weight is 449 g/mol. The number of aliphatic hydroxyl groups is 1. The normalized spacial score (nSPS) is 22.9. The number of rotatable bonds is 6. The van der Waals surface area contributed by atoms with Crippen LogP contribution in [0.4, 0.5) is 0 Å². The van der Waals surface area contributed by atoms with Gasteiger partial charge in [0.05, 0.1) is 12.7 Å². The van der Waals surface area contributed by atoms with E-state index in [0.717, 1.165) is 5.56 Å². The zero-order valence-electron chi connectivity index (χ0n) is 19.9. The van der Waals surface area contributed by atoms with Crippen molar-refractivity contribution < 1.29 is 28.5 Å². The Kier molecular flexibility index (Phi) is 8.12. The van der Waals surface area contributed by atoms with Crippen LogP contribution in [0.3, 0.4) is 0 Å². The van der Waals surface area contributed by atoms with Crippen LogP contribution in [0.1, 0.15) is 53.2 Å². The molecule has 0 amide bonds. The molecule has 172 valence electrons. The molecular weight excluding hydrogens is 412 g/mol. The van der Waals surface area contributed by atoms with Gasteiger partial charge in [0.15, 0.2) is 14.1 Å². The van der Waals surface area contributed by atoms with E-state index >= 15 is 0 Å². The van der Waals surface area contributed by atoms with Gasteiger partial charge in [-0.3, -0.25) is 0 Å². The van der Waals surface area contributed by atoms with E-state index in [1.165, 1.54) is 0 Å². The molecule has 7 heteroatoms. The van der Waals surface area contributed by atoms with Crippen molar-refractivity contribution in [2.24, 2.45) is 0 Å². The van der Waals surface area contributed by atoms with Crippen molar-refractivity contribution in [1.82, 2.24) is 0 Å². The summed E-state index contributed by atoms with van der Waals surface area (Å²) >= 11 is 0. The third kappa shape index (κ3) is 6.64. The predicted octanol–water partition coefficient (Wildman–Crippen LogP) is 4.20. The highest BCUT2D eigenvalue weighted by Crippen LogP contribution is 2.44. The van der Waals surface area contributed by atoms with Crippen LogP contribution in [0.25, 0.3) is 0 Å². The van der Waals surface area contributed by atoms with Gasteiger partial charge in [-0.05, 0) is 44.5 Å². The summed E-state index contributed by atoms with van der Waals surface area (Å²) in [5.74, 6) is 3.26. The van der Waals surface area contributed by atoms with Gasteiger partial charge in [-0.25, -0.2) is 4.79 Å². The molecule has 31 heavy (non-hydrogen) atoms. The Morgan fingerprint density at radius 3 is 2.32 bits per heavy atom. The van der Waals surface area contributed by atoms with Crippen LogP contribution in [0.5, 0.6) is 0 Å². The van der Waals surface area contributed by atoms with Crippen molar-refractivity contribution in [2.75, 3.05) is 6.61 Å². The number of aliphatic hydroxyl groups excluding tert-OH is 1. The first kappa shape index (κ1) is 25.6. The lowest BCUT2D eigenvalue weighted by Crippen LogP contribution is -2.47. The molecule has 6 nitrogen and oxygen atoms in total. The van der Waals surface area contributed by atoms with E-state index in [9.17, 15) is 9.90 Å². The van der Waals surface area contributed by atoms with E-state index in [0.29, 0.717) is 0 Å². The molecule has 0 aromatic heterocycles. The summed E-state index contributed by atoms with van der Waals surface area (Å²) in [6, 6.07) is 9.81. The molecule has 1 saturated heterocycles. The first-order valence-electron chi connectivity index (χ1n) is 10.7. The Hall–Kier alpha value is -1.69. The van der Waals surface area contributed by atoms with Gasteiger partial charge in [-0.15, -0.1) is 0 Å². The van der Waals surface area contributed by atoms with E-state index in [1.54, 1.807) is 20.8 Å². The zero-order chi connectivity index (χ0) is 23.4. The summed E-state index contributed by atoms with van der Waals surface area (Å²) in [7, 11) is -2.20. The van der Waals surface area contributed by atoms with Crippen LogP contribution in [0, 0.1) is 11.8 Å². The first-order valence-corrected chi connectivity index (χ1v) is 13.6. The van der Waals surface area contributed by atoms with Crippen LogP contribution in [-0.4, -0.2) is 50.1 Å². The van der Waals surface area contributed by atoms with E-state index in [4.69, 9.17) is 18.6 Å². The Labute approximate surface area is 187 Å². The molecule has 0 aliphatic carbocycles. The lowest BCUT2D eigenvalue weighted by molar-refractivity contribution is -0.158. The van der Waals surface area contributed by atoms with E-state index in [2.05, 4.69) is 45.7 Å². The second-order valence-electron chi connectivity index (χ2n) is 9.71. The minimum atomic E-state index is -2.20. The van der Waals surface area contributed by atoms with Crippen LogP contribution in [-0.2, 0) is 23.4 Å². The number of carbonyl (C=O) groups excluding carboxylic acids is 1. The van der Waals surface area contributed by atoms with Gasteiger partial charge in [0.25, 0.3) is 0 Å². The number of hydrogen-bond acceptors (Lipinski definition) is 6. The number of esters is 1. The van der Waals surface area contributed by atoms with Crippen LogP contribution in [0.15, 0.2) is 30.3 Å². The van der Waals surface area contributed by atoms with Crippen molar-refractivity contribution >= 4 is 14.3 Å². The fraction of sp³-hybridized carbons (Fsp3) is 0.625. The van der Waals surface area contributed by atoms with E-state index < -0.39 is 44.5 Å². The highest BCUT2D eigenvalue weighted by Gasteiger charge is 2.51. The van der Waals surface area contributed by atoms with Gasteiger partial charge in [-0.1, -0.05) is 57.0 Å². The maximum Gasteiger partial charge on any atom is 0.384 e. The maximum absolute atomic E-state index is 11.6. The van der Waals surface area contributed by atoms with Gasteiger partial charge in [0, 0.05) is 5.92 Å². The lowest BCUT2D eigenvalue weighted by atomic mass is 9.97. The largest absolute Gasteiger partial charge is 0.456 e. The van der Waals surface area contributed by atoms with Crippen molar-refractivity contribution in [2.45, 2.75) is 89.9 Å². The molecule has 1 aromatic carbocycles. The zero-order valence-corrected chi connectivity index (χ0v) is 20.9. The Balaban J connectivity index is 2.42. The molecule has 4 atom stereocenters. The smallest absolute Gasteiger partial charge is 0.384 e. The number of carbonyl (C=O) groups is 1. The second-order valence-corrected chi connectivity index (χ2v) is 14.5. The monoisotopic (exact) mass is 448 g/mol. The molecular formula is C24H36O6Si. The van der Waals surface area contributed by atoms with Gasteiger partial charge >= 0.3 is 5.97 Å². The molecule has 0 saturated carbocycles. The highest BCUT2D eigenvalue weighted by molar-refractivity contribution is 6.74. The van der Waals surface area contributed by atoms with E-state index in [-0.39, 0.29) is 11.6 Å². The van der Waals surface area contributed by atoms with Crippen LogP contribution >= 0.6 is 0 Å². The minimum absolute atomic E-state index is 0.0210. The standard InChI is InChI=1S/C24H36O6Si/c1-9-27-19(26)16-15-18(25)21-22(29-24(5,6)28-21)20(17-13-11-10-12-14-17)30-31(7,8)23(2,3)4/h10-14,18,20-22,25H,9H2,1-8H3/t18-,20+,21-,22+/m0/s1. The number of ether oxygens (including phenoxy) is 3. The summed E-state index contributed by atoms with van der Waals surface area (Å²) < 4.78 is 23.9. The van der Waals surface area contributed by atoms with Crippen molar-refractivity contribution in [3.8, 4) is 11.8 Å². The van der Waals surface area contributed by atoms with Gasteiger partial charge in [-0.2, -0.15) is 0 Å². The second kappa shape index (κ2) is 9.84. The third-order valence-corrected chi connectivity index (χ3v) is 10.2. The Bertz CT molecular complexity index is 803. The highest BCUT2D eigenvalue weighted by atomic mass is 28.4. The topological polar surface area (TPSA) is 74.2 Å². The SMILES string of the molecule is CCOC(=O)C#C[C@H](O)[C@@H]1OC(C)(C)O[C@@H]1[C@H](O[Si](C)(C)C(C)(C)C)c1ccccc1. The Morgan fingerprint density at radius 1 is 1.19 bits per heavy atom. The lowest BCUT2D eigenvalue weighted by Gasteiger charge is -2.41. The molecule has 0 bridgehead atoms. The third-order valence-electron chi connectivity index (χ3n) is 5.73. The van der Waals surface area contributed by atoms with Gasteiger partial charge < -0.3 is 23.7 Å². The molecule has 1 N–H and O–H groups in total. The van der Waals surface area contributed by atoms with Gasteiger partial charge in [0.2, 0.25) is 0 Å². The predicted molar refractivity (Wildman–Crippen MR) is 122 cm³/mol. The maximum atomic E-state index is 11.6. The number of benzene rings is 1. The van der Waals surface area contributed by atoms with Gasteiger partial charge in [0.1, 0.15) is 18.3 Å². The molecule has 0 unspecified atom stereocenters. The fourth-order valence-corrected chi connectivity index (χ4v) is 4.40. The van der Waals surface area contributed by atoms with Crippen LogP contribution in [0.2, 0.25) is 18.1 Å². The molecule has 1 fully saturated rings. The molecule has 0 radical (unpaired) electrons. The molecule has 1 aliphatic heterocycles. The Morgan fingerprint density at radius 2 is 1.77 bits per heavy atom. The summed E-state index contributed by atoms with van der Waals surface area (Å²) in [5.41, 5.74) is 0.939. The van der Waals surface area contributed by atoms with E-state index in [1.807, 2.05) is 30.3 Å². The van der Waals surface area contributed by atoms with Crippen LogP contribution < -0.4 is 0 Å². The molecule has 1 aromatic rings.